The molecule has 1 rings (SSSR count). The van der Waals surface area contributed by atoms with Gasteiger partial charge in [-0.2, -0.15) is 0 Å². The molecule has 23 heavy (non-hydrogen) atoms. The van der Waals surface area contributed by atoms with E-state index >= 15 is 0 Å². The predicted octanol–water partition coefficient (Wildman–Crippen LogP) is 2.90. The van der Waals surface area contributed by atoms with E-state index in [0.717, 1.165) is 43.0 Å². The lowest BCUT2D eigenvalue weighted by molar-refractivity contribution is 0.0689. The number of hydrogen-bond acceptors (Lipinski definition) is 3. The van der Waals surface area contributed by atoms with Crippen molar-refractivity contribution in [2.75, 3.05) is 47.6 Å². The van der Waals surface area contributed by atoms with Gasteiger partial charge in [0.1, 0.15) is 0 Å². The van der Waals surface area contributed by atoms with Gasteiger partial charge in [0.25, 0.3) is 0 Å². The van der Waals surface area contributed by atoms with Crippen LogP contribution < -0.4 is 5.32 Å². The van der Waals surface area contributed by atoms with Crippen molar-refractivity contribution in [1.82, 2.24) is 10.2 Å². The fourth-order valence-electron chi connectivity index (χ4n) is 2.12. The highest BCUT2D eigenvalue weighted by Crippen LogP contribution is 2.17. The molecule has 0 saturated carbocycles. The molecule has 1 aromatic rings. The second-order valence-corrected chi connectivity index (χ2v) is 6.09. The standard InChI is InChI=1S/C17H28BrN3O2/c1-19-17(20-10-6-7-11-23-13-12-22-3)21(2)14-15-8-4-5-9-16(15)18/h4-5,8-9H,6-7,10-14H2,1-3H3,(H,19,20). The van der Waals surface area contributed by atoms with E-state index < -0.39 is 0 Å². The molecular weight excluding hydrogens is 358 g/mol. The van der Waals surface area contributed by atoms with Crippen molar-refractivity contribution in [3.63, 3.8) is 0 Å². The van der Waals surface area contributed by atoms with E-state index in [1.54, 1.807) is 7.11 Å². The quantitative estimate of drug-likeness (QED) is 0.382. The van der Waals surface area contributed by atoms with Crippen LogP contribution in [0.5, 0.6) is 0 Å². The molecular formula is C17H28BrN3O2. The summed E-state index contributed by atoms with van der Waals surface area (Å²) in [5.74, 6) is 0.904. The third-order valence-corrected chi connectivity index (χ3v) is 4.14. The highest BCUT2D eigenvalue weighted by molar-refractivity contribution is 9.10. The molecule has 5 nitrogen and oxygen atoms in total. The van der Waals surface area contributed by atoms with Crippen LogP contribution in [0.2, 0.25) is 0 Å². The third kappa shape index (κ3) is 8.34. The van der Waals surface area contributed by atoms with Gasteiger partial charge in [0.15, 0.2) is 5.96 Å². The molecule has 0 aliphatic heterocycles. The van der Waals surface area contributed by atoms with Gasteiger partial charge in [0.05, 0.1) is 13.2 Å². The van der Waals surface area contributed by atoms with Gasteiger partial charge >= 0.3 is 0 Å². The lowest BCUT2D eigenvalue weighted by atomic mass is 10.2. The fourth-order valence-corrected chi connectivity index (χ4v) is 2.53. The van der Waals surface area contributed by atoms with Gasteiger partial charge in [0.2, 0.25) is 0 Å². The van der Waals surface area contributed by atoms with E-state index in [1.807, 2.05) is 26.2 Å². The zero-order chi connectivity index (χ0) is 16.9. The van der Waals surface area contributed by atoms with Crippen molar-refractivity contribution in [3.05, 3.63) is 34.3 Å². The minimum Gasteiger partial charge on any atom is -0.382 e. The first-order chi connectivity index (χ1) is 11.2. The summed E-state index contributed by atoms with van der Waals surface area (Å²) in [5, 5.41) is 3.39. The van der Waals surface area contributed by atoms with Crippen LogP contribution in [0.25, 0.3) is 0 Å². The molecule has 0 unspecified atom stereocenters. The number of nitrogens with one attached hydrogen (secondary N) is 1. The molecule has 0 fully saturated rings. The number of benzene rings is 1. The topological polar surface area (TPSA) is 46.1 Å². The zero-order valence-corrected chi connectivity index (χ0v) is 15.9. The summed E-state index contributed by atoms with van der Waals surface area (Å²) in [6, 6.07) is 8.25. The van der Waals surface area contributed by atoms with E-state index in [4.69, 9.17) is 9.47 Å². The maximum absolute atomic E-state index is 5.45. The molecule has 0 spiro atoms. The van der Waals surface area contributed by atoms with Crippen LogP contribution in [0.15, 0.2) is 33.7 Å². The minimum absolute atomic E-state index is 0.657. The Labute approximate surface area is 148 Å². The Morgan fingerprint density at radius 2 is 2.00 bits per heavy atom. The number of unbranched alkanes of at least 4 members (excludes halogenated alkanes) is 1. The molecule has 0 aliphatic rings. The number of nitrogens with zero attached hydrogens (tertiary/aromatic N) is 2. The number of rotatable bonds is 10. The van der Waals surface area contributed by atoms with E-state index in [0.29, 0.717) is 13.2 Å². The van der Waals surface area contributed by atoms with Crippen LogP contribution in [0, 0.1) is 0 Å². The van der Waals surface area contributed by atoms with Gasteiger partial charge in [-0.1, -0.05) is 34.1 Å². The lowest BCUT2D eigenvalue weighted by Gasteiger charge is -2.22. The van der Waals surface area contributed by atoms with E-state index in [9.17, 15) is 0 Å². The molecule has 0 atom stereocenters. The molecule has 0 bridgehead atoms. The maximum atomic E-state index is 5.45. The first kappa shape index (κ1) is 19.9. The molecule has 130 valence electrons. The van der Waals surface area contributed by atoms with Gasteiger partial charge in [-0.25, -0.2) is 0 Å². The number of methoxy groups -OCH3 is 1. The Morgan fingerprint density at radius 1 is 1.22 bits per heavy atom. The Balaban J connectivity index is 2.24. The van der Waals surface area contributed by atoms with Gasteiger partial charge < -0.3 is 19.7 Å². The lowest BCUT2D eigenvalue weighted by Crippen LogP contribution is -2.39. The SMILES string of the molecule is CN=C(NCCCCOCCOC)N(C)Cc1ccccc1Br. The molecule has 1 N–H and O–H groups in total. The van der Waals surface area contributed by atoms with Crippen LogP contribution in [0.1, 0.15) is 18.4 Å². The maximum Gasteiger partial charge on any atom is 0.193 e. The molecule has 0 aromatic heterocycles. The van der Waals surface area contributed by atoms with Crippen LogP contribution in [-0.2, 0) is 16.0 Å². The van der Waals surface area contributed by atoms with Crippen LogP contribution >= 0.6 is 15.9 Å². The monoisotopic (exact) mass is 385 g/mol. The van der Waals surface area contributed by atoms with Crippen molar-refractivity contribution in [1.29, 1.82) is 0 Å². The van der Waals surface area contributed by atoms with E-state index in [-0.39, 0.29) is 0 Å². The second-order valence-electron chi connectivity index (χ2n) is 5.23. The Bertz CT molecular complexity index is 469. The second kappa shape index (κ2) is 12.3. The Hall–Kier alpha value is -1.11. The van der Waals surface area contributed by atoms with Crippen molar-refractivity contribution >= 4 is 21.9 Å². The summed E-state index contributed by atoms with van der Waals surface area (Å²) in [6.07, 6.45) is 2.08. The summed E-state index contributed by atoms with van der Waals surface area (Å²) in [7, 11) is 5.54. The number of guanidine groups is 1. The third-order valence-electron chi connectivity index (χ3n) is 3.37. The highest BCUT2D eigenvalue weighted by atomic mass is 79.9. The smallest absolute Gasteiger partial charge is 0.193 e. The fraction of sp³-hybridized carbons (Fsp3) is 0.588. The number of halogens is 1. The normalized spacial score (nSPS) is 11.6. The number of ether oxygens (including phenoxy) is 2. The van der Waals surface area contributed by atoms with E-state index in [1.165, 1.54) is 5.56 Å². The van der Waals surface area contributed by atoms with Crippen molar-refractivity contribution in [2.45, 2.75) is 19.4 Å². The van der Waals surface area contributed by atoms with Crippen LogP contribution in [0.4, 0.5) is 0 Å². The van der Waals surface area contributed by atoms with Crippen molar-refractivity contribution in [2.24, 2.45) is 4.99 Å². The molecule has 0 heterocycles. The summed E-state index contributed by atoms with van der Waals surface area (Å²) in [5.41, 5.74) is 1.24. The number of hydrogen-bond donors (Lipinski definition) is 1. The van der Waals surface area contributed by atoms with Crippen LogP contribution in [-0.4, -0.2) is 58.4 Å². The molecule has 0 radical (unpaired) electrons. The summed E-state index contributed by atoms with van der Waals surface area (Å²) in [6.45, 7) is 3.79. The van der Waals surface area contributed by atoms with Gasteiger partial charge in [-0.05, 0) is 24.5 Å². The molecule has 1 aromatic carbocycles. The van der Waals surface area contributed by atoms with Crippen LogP contribution in [0.3, 0.4) is 0 Å². The molecule has 0 saturated heterocycles. The summed E-state index contributed by atoms with van der Waals surface area (Å²) < 4.78 is 11.5. The molecule has 6 heteroatoms. The van der Waals surface area contributed by atoms with Crippen molar-refractivity contribution < 1.29 is 9.47 Å². The van der Waals surface area contributed by atoms with Gasteiger partial charge in [-0.15, -0.1) is 0 Å². The minimum atomic E-state index is 0.657. The first-order valence-electron chi connectivity index (χ1n) is 7.91. The van der Waals surface area contributed by atoms with Gasteiger partial charge in [-0.3, -0.25) is 4.99 Å². The van der Waals surface area contributed by atoms with Gasteiger partial charge in [0, 0.05) is 45.4 Å². The first-order valence-corrected chi connectivity index (χ1v) is 8.70. The average molecular weight is 386 g/mol. The van der Waals surface area contributed by atoms with Crippen molar-refractivity contribution in [3.8, 4) is 0 Å². The zero-order valence-electron chi connectivity index (χ0n) is 14.3. The number of aliphatic imine (C=N–C) groups is 1. The summed E-state index contributed by atoms with van der Waals surface area (Å²) >= 11 is 3.59. The highest BCUT2D eigenvalue weighted by Gasteiger charge is 2.07. The van der Waals surface area contributed by atoms with E-state index in [2.05, 4.69) is 43.3 Å². The molecule has 0 aliphatic carbocycles. The molecule has 0 amide bonds. The average Bonchev–Trinajstić information content (AvgIpc) is 2.55. The Kier molecular flexibility index (Phi) is 10.7. The Morgan fingerprint density at radius 3 is 2.70 bits per heavy atom. The predicted molar refractivity (Wildman–Crippen MR) is 98.9 cm³/mol. The summed E-state index contributed by atoms with van der Waals surface area (Å²) in [4.78, 5) is 6.46. The largest absolute Gasteiger partial charge is 0.382 e.